The summed E-state index contributed by atoms with van der Waals surface area (Å²) in [6, 6.07) is 0. The molecule has 0 heterocycles. The van der Waals surface area contributed by atoms with Gasteiger partial charge in [-0.2, -0.15) is 0 Å². The highest BCUT2D eigenvalue weighted by atomic mass is 16.5. The Morgan fingerprint density at radius 1 is 1.50 bits per heavy atom. The first kappa shape index (κ1) is 12.7. The highest BCUT2D eigenvalue weighted by Crippen LogP contribution is 2.11. The molecule has 0 bridgehead atoms. The Hall–Kier alpha value is -1.30. The van der Waals surface area contributed by atoms with Crippen LogP contribution in [0.25, 0.3) is 0 Å². The van der Waals surface area contributed by atoms with Crippen molar-refractivity contribution >= 4 is 11.8 Å². The van der Waals surface area contributed by atoms with Crippen LogP contribution in [0.5, 0.6) is 0 Å². The largest absolute Gasteiger partial charge is 0.465 e. The number of rotatable bonds is 6. The molecule has 0 saturated heterocycles. The van der Waals surface area contributed by atoms with E-state index in [4.69, 9.17) is 11.2 Å². The van der Waals surface area contributed by atoms with Gasteiger partial charge in [-0.05, 0) is 26.7 Å². The fourth-order valence-electron chi connectivity index (χ4n) is 1.14. The lowest BCUT2D eigenvalue weighted by atomic mass is 9.98. The van der Waals surface area contributed by atoms with Crippen molar-refractivity contribution in [2.75, 3.05) is 6.61 Å². The Kier molecular flexibility index (Phi) is 6.47. The standard InChI is InChI=1S/C11H16O3/c1-4-6-7-8-10(9(3)12)11(13)14-5-2/h1,10H,5-8H2,2-3H3. The number of terminal acetylenes is 1. The molecule has 14 heavy (non-hydrogen) atoms. The molecule has 78 valence electrons. The number of hydrogen-bond donors (Lipinski definition) is 0. The molecule has 3 nitrogen and oxygen atoms in total. The third-order valence-corrected chi connectivity index (χ3v) is 1.88. The smallest absolute Gasteiger partial charge is 0.316 e. The maximum Gasteiger partial charge on any atom is 0.316 e. The molecular formula is C11H16O3. The number of esters is 1. The Bertz CT molecular complexity index is 237. The molecule has 0 aliphatic rings. The molecule has 0 aromatic carbocycles. The number of carbonyl (C=O) groups is 2. The Labute approximate surface area is 84.8 Å². The molecule has 0 aliphatic heterocycles. The normalized spacial score (nSPS) is 11.5. The van der Waals surface area contributed by atoms with Crippen LogP contribution in [0, 0.1) is 18.3 Å². The van der Waals surface area contributed by atoms with E-state index in [2.05, 4.69) is 5.92 Å². The van der Waals surface area contributed by atoms with Crippen LogP contribution in [-0.4, -0.2) is 18.4 Å². The van der Waals surface area contributed by atoms with Gasteiger partial charge >= 0.3 is 5.97 Å². The summed E-state index contributed by atoms with van der Waals surface area (Å²) >= 11 is 0. The lowest BCUT2D eigenvalue weighted by molar-refractivity contribution is -0.151. The topological polar surface area (TPSA) is 43.4 Å². The van der Waals surface area contributed by atoms with Gasteiger partial charge in [0.05, 0.1) is 6.61 Å². The van der Waals surface area contributed by atoms with Crippen LogP contribution in [-0.2, 0) is 14.3 Å². The van der Waals surface area contributed by atoms with Crippen molar-refractivity contribution in [2.24, 2.45) is 5.92 Å². The first-order valence-corrected chi connectivity index (χ1v) is 4.74. The maximum atomic E-state index is 11.3. The zero-order valence-corrected chi connectivity index (χ0v) is 8.71. The van der Waals surface area contributed by atoms with Crippen molar-refractivity contribution in [1.29, 1.82) is 0 Å². The van der Waals surface area contributed by atoms with E-state index in [1.165, 1.54) is 6.92 Å². The average Bonchev–Trinajstić information content (AvgIpc) is 2.12. The summed E-state index contributed by atoms with van der Waals surface area (Å²) in [5.41, 5.74) is 0. The Morgan fingerprint density at radius 3 is 2.57 bits per heavy atom. The predicted molar refractivity (Wildman–Crippen MR) is 53.5 cm³/mol. The number of ketones is 1. The van der Waals surface area contributed by atoms with Crippen LogP contribution in [0.1, 0.15) is 33.1 Å². The molecule has 0 amide bonds. The van der Waals surface area contributed by atoms with Crippen LogP contribution in [0.3, 0.4) is 0 Å². The lowest BCUT2D eigenvalue weighted by Crippen LogP contribution is -2.24. The number of ether oxygens (including phenoxy) is 1. The lowest BCUT2D eigenvalue weighted by Gasteiger charge is -2.11. The van der Waals surface area contributed by atoms with Crippen molar-refractivity contribution in [3.05, 3.63) is 0 Å². The summed E-state index contributed by atoms with van der Waals surface area (Å²) in [5.74, 6) is 1.25. The maximum absolute atomic E-state index is 11.3. The second-order valence-corrected chi connectivity index (χ2v) is 3.01. The van der Waals surface area contributed by atoms with Crippen LogP contribution < -0.4 is 0 Å². The molecule has 0 fully saturated rings. The molecule has 1 unspecified atom stereocenters. The quantitative estimate of drug-likeness (QED) is 0.280. The van der Waals surface area contributed by atoms with E-state index < -0.39 is 11.9 Å². The van der Waals surface area contributed by atoms with E-state index >= 15 is 0 Å². The second kappa shape index (κ2) is 7.14. The minimum Gasteiger partial charge on any atom is -0.465 e. The van der Waals surface area contributed by atoms with Gasteiger partial charge in [-0.25, -0.2) is 0 Å². The zero-order valence-electron chi connectivity index (χ0n) is 8.71. The van der Waals surface area contributed by atoms with E-state index in [9.17, 15) is 9.59 Å². The first-order valence-electron chi connectivity index (χ1n) is 4.74. The molecule has 0 saturated carbocycles. The van der Waals surface area contributed by atoms with Gasteiger partial charge in [0.25, 0.3) is 0 Å². The molecule has 0 N–H and O–H groups in total. The fraction of sp³-hybridized carbons (Fsp3) is 0.636. The highest BCUT2D eigenvalue weighted by Gasteiger charge is 2.23. The van der Waals surface area contributed by atoms with E-state index in [-0.39, 0.29) is 5.78 Å². The van der Waals surface area contributed by atoms with E-state index in [0.29, 0.717) is 25.9 Å². The molecule has 0 aromatic heterocycles. The summed E-state index contributed by atoms with van der Waals surface area (Å²) in [5, 5.41) is 0. The van der Waals surface area contributed by atoms with Crippen LogP contribution in [0.2, 0.25) is 0 Å². The second-order valence-electron chi connectivity index (χ2n) is 3.01. The molecule has 0 rings (SSSR count). The third kappa shape index (κ3) is 4.66. The van der Waals surface area contributed by atoms with Gasteiger partial charge in [-0.1, -0.05) is 0 Å². The Morgan fingerprint density at radius 2 is 2.14 bits per heavy atom. The zero-order chi connectivity index (χ0) is 11.0. The highest BCUT2D eigenvalue weighted by molar-refractivity contribution is 5.97. The molecule has 3 heteroatoms. The first-order chi connectivity index (χ1) is 6.63. The summed E-state index contributed by atoms with van der Waals surface area (Å²) in [6.07, 6.45) is 6.83. The van der Waals surface area contributed by atoms with Gasteiger partial charge in [0.15, 0.2) is 0 Å². The van der Waals surface area contributed by atoms with Gasteiger partial charge in [-0.3, -0.25) is 9.59 Å². The molecule has 0 aliphatic carbocycles. The molecule has 0 radical (unpaired) electrons. The average molecular weight is 196 g/mol. The fourth-order valence-corrected chi connectivity index (χ4v) is 1.14. The van der Waals surface area contributed by atoms with Crippen LogP contribution in [0.4, 0.5) is 0 Å². The molecule has 1 atom stereocenters. The summed E-state index contributed by atoms with van der Waals surface area (Å²) in [7, 11) is 0. The third-order valence-electron chi connectivity index (χ3n) is 1.88. The minimum absolute atomic E-state index is 0.152. The van der Waals surface area contributed by atoms with Crippen LogP contribution in [0.15, 0.2) is 0 Å². The van der Waals surface area contributed by atoms with Gasteiger partial charge in [0.1, 0.15) is 11.7 Å². The number of carbonyl (C=O) groups excluding carboxylic acids is 2. The predicted octanol–water partition coefficient (Wildman–Crippen LogP) is 1.56. The van der Waals surface area contributed by atoms with Gasteiger partial charge in [0, 0.05) is 6.42 Å². The number of hydrogen-bond acceptors (Lipinski definition) is 3. The van der Waals surface area contributed by atoms with Crippen molar-refractivity contribution in [3.63, 3.8) is 0 Å². The van der Waals surface area contributed by atoms with Gasteiger partial charge in [0.2, 0.25) is 0 Å². The number of unbranched alkanes of at least 4 members (excludes halogenated alkanes) is 1. The van der Waals surface area contributed by atoms with Gasteiger partial charge < -0.3 is 4.74 Å². The van der Waals surface area contributed by atoms with Crippen molar-refractivity contribution in [3.8, 4) is 12.3 Å². The molecule has 0 aromatic rings. The summed E-state index contributed by atoms with van der Waals surface area (Å²) < 4.78 is 4.78. The van der Waals surface area contributed by atoms with E-state index in [1.807, 2.05) is 0 Å². The summed E-state index contributed by atoms with van der Waals surface area (Å²) in [6.45, 7) is 3.42. The van der Waals surface area contributed by atoms with E-state index in [0.717, 1.165) is 0 Å². The van der Waals surface area contributed by atoms with Gasteiger partial charge in [-0.15, -0.1) is 12.3 Å². The Balaban J connectivity index is 4.09. The SMILES string of the molecule is C#CCCCC(C(C)=O)C(=O)OCC. The van der Waals surface area contributed by atoms with E-state index in [1.54, 1.807) is 6.92 Å². The van der Waals surface area contributed by atoms with Crippen molar-refractivity contribution in [2.45, 2.75) is 33.1 Å². The van der Waals surface area contributed by atoms with Crippen LogP contribution >= 0.6 is 0 Å². The van der Waals surface area contributed by atoms with Crippen molar-refractivity contribution in [1.82, 2.24) is 0 Å². The number of Topliss-reactive ketones (excluding diaryl/α,β-unsaturated/α-hetero) is 1. The van der Waals surface area contributed by atoms with Crippen molar-refractivity contribution < 1.29 is 14.3 Å². The summed E-state index contributed by atoms with van der Waals surface area (Å²) in [4.78, 5) is 22.4. The molecule has 0 spiro atoms. The minimum atomic E-state index is -0.636. The monoisotopic (exact) mass is 196 g/mol. The molecular weight excluding hydrogens is 180 g/mol.